The molecule has 1 rings (SSSR count). The number of thioether (sulfide) groups is 1. The Kier molecular flexibility index (Phi) is 3.47. The number of thiazole rings is 1. The van der Waals surface area contributed by atoms with Crippen molar-refractivity contribution in [3.63, 3.8) is 0 Å². The Bertz CT molecular complexity index is 259. The minimum Gasteiger partial charge on any atom is -0.235 e. The fourth-order valence-corrected chi connectivity index (χ4v) is 2.39. The topological polar surface area (TPSA) is 12.9 Å². The summed E-state index contributed by atoms with van der Waals surface area (Å²) in [4.78, 5) is 4.30. The van der Waals surface area contributed by atoms with Gasteiger partial charge in [-0.15, -0.1) is 23.7 Å². The summed E-state index contributed by atoms with van der Waals surface area (Å²) in [6.07, 6.45) is 5.94. The molecule has 0 bridgehead atoms. The van der Waals surface area contributed by atoms with Crippen LogP contribution in [-0.2, 0) is 0 Å². The molecule has 0 radical (unpaired) electrons. The van der Waals surface area contributed by atoms with E-state index in [4.69, 9.17) is 6.42 Å². The maximum atomic E-state index is 5.12. The summed E-state index contributed by atoms with van der Waals surface area (Å²) in [6.45, 7) is 2.00. The highest BCUT2D eigenvalue weighted by molar-refractivity contribution is 8.01. The van der Waals surface area contributed by atoms with Crippen molar-refractivity contribution in [1.29, 1.82) is 0 Å². The number of aromatic nitrogens is 1. The predicted octanol–water partition coefficient (Wildman–Crippen LogP) is 2.57. The van der Waals surface area contributed by atoms with Crippen LogP contribution in [0.1, 0.15) is 12.1 Å². The molecule has 0 unspecified atom stereocenters. The Hall–Kier alpha value is -0.460. The van der Waals surface area contributed by atoms with Gasteiger partial charge in [0, 0.05) is 23.2 Å². The second kappa shape index (κ2) is 4.42. The molecule has 1 nitrogen and oxygen atoms in total. The van der Waals surface area contributed by atoms with E-state index in [0.29, 0.717) is 0 Å². The number of hydrogen-bond donors (Lipinski definition) is 0. The lowest BCUT2D eigenvalue weighted by molar-refractivity contribution is 1.15. The molecule has 0 atom stereocenters. The Labute approximate surface area is 75.2 Å². The van der Waals surface area contributed by atoms with Crippen LogP contribution in [0.2, 0.25) is 0 Å². The second-order valence-electron chi connectivity index (χ2n) is 2.06. The highest BCUT2D eigenvalue weighted by Crippen LogP contribution is 2.22. The van der Waals surface area contributed by atoms with Crippen molar-refractivity contribution in [2.75, 3.05) is 5.75 Å². The third-order valence-electron chi connectivity index (χ3n) is 1.07. The van der Waals surface area contributed by atoms with Gasteiger partial charge in [0.25, 0.3) is 0 Å². The Morgan fingerprint density at radius 3 is 3.18 bits per heavy atom. The average Bonchev–Trinajstić information content (AvgIpc) is 2.37. The number of aryl methyl sites for hydroxylation is 1. The molecule has 3 heteroatoms. The lowest BCUT2D eigenvalue weighted by Gasteiger charge is -1.89. The Balaban J connectivity index is 2.34. The quantitative estimate of drug-likeness (QED) is 0.406. The molecule has 0 N–H and O–H groups in total. The molecule has 58 valence electrons. The van der Waals surface area contributed by atoms with E-state index in [2.05, 4.69) is 16.3 Å². The second-order valence-corrected chi connectivity index (χ2v) is 4.26. The third-order valence-corrected chi connectivity index (χ3v) is 3.21. The van der Waals surface area contributed by atoms with Crippen LogP contribution in [0.15, 0.2) is 9.72 Å². The normalized spacial score (nSPS) is 9.45. The summed E-state index contributed by atoms with van der Waals surface area (Å²) in [5, 5.41) is 2.05. The molecule has 0 aliphatic carbocycles. The third kappa shape index (κ3) is 2.96. The number of terminal acetylenes is 1. The van der Waals surface area contributed by atoms with Crippen molar-refractivity contribution in [3.05, 3.63) is 11.1 Å². The average molecular weight is 183 g/mol. The molecule has 0 aromatic carbocycles. The summed E-state index contributed by atoms with van der Waals surface area (Å²) in [6, 6.07) is 0. The zero-order valence-electron chi connectivity index (χ0n) is 6.33. The van der Waals surface area contributed by atoms with Crippen molar-refractivity contribution in [1.82, 2.24) is 4.98 Å². The summed E-state index contributed by atoms with van der Waals surface area (Å²) in [7, 11) is 0. The minimum absolute atomic E-state index is 0.823. The lowest BCUT2D eigenvalue weighted by Crippen LogP contribution is -1.75. The smallest absolute Gasteiger partial charge is 0.150 e. The van der Waals surface area contributed by atoms with E-state index in [1.165, 1.54) is 0 Å². The first-order valence-corrected chi connectivity index (χ1v) is 5.18. The Morgan fingerprint density at radius 1 is 1.82 bits per heavy atom. The van der Waals surface area contributed by atoms with Gasteiger partial charge in [0.2, 0.25) is 0 Å². The van der Waals surface area contributed by atoms with Gasteiger partial charge in [-0.1, -0.05) is 11.8 Å². The maximum absolute atomic E-state index is 5.12. The molecule has 0 spiro atoms. The van der Waals surface area contributed by atoms with Crippen molar-refractivity contribution < 1.29 is 0 Å². The zero-order valence-corrected chi connectivity index (χ0v) is 7.97. The van der Waals surface area contributed by atoms with Gasteiger partial charge in [0.05, 0.1) is 0 Å². The maximum Gasteiger partial charge on any atom is 0.150 e. The van der Waals surface area contributed by atoms with Crippen molar-refractivity contribution >= 4 is 23.1 Å². The fraction of sp³-hybridized carbons (Fsp3) is 0.375. The molecule has 1 aromatic rings. The van der Waals surface area contributed by atoms with Crippen LogP contribution < -0.4 is 0 Å². The molecule has 1 heterocycles. The van der Waals surface area contributed by atoms with Gasteiger partial charge in [-0.05, 0) is 6.92 Å². The highest BCUT2D eigenvalue weighted by Gasteiger charge is 1.96. The predicted molar refractivity (Wildman–Crippen MR) is 51.0 cm³/mol. The van der Waals surface area contributed by atoms with Gasteiger partial charge in [0.1, 0.15) is 4.34 Å². The van der Waals surface area contributed by atoms with E-state index in [1.54, 1.807) is 23.1 Å². The molecular formula is C8H9NS2. The van der Waals surface area contributed by atoms with Crippen LogP contribution in [-0.4, -0.2) is 10.7 Å². The Morgan fingerprint density at radius 2 is 2.64 bits per heavy atom. The summed E-state index contributed by atoms with van der Waals surface area (Å²) >= 11 is 3.41. The van der Waals surface area contributed by atoms with Gasteiger partial charge in [0.15, 0.2) is 0 Å². The van der Waals surface area contributed by atoms with E-state index in [-0.39, 0.29) is 0 Å². The van der Waals surface area contributed by atoms with E-state index in [1.807, 2.05) is 6.92 Å². The SMILES string of the molecule is C#CCCSc1nc(C)cs1. The monoisotopic (exact) mass is 183 g/mol. The van der Waals surface area contributed by atoms with Crippen LogP contribution in [0.25, 0.3) is 0 Å². The van der Waals surface area contributed by atoms with Crippen LogP contribution in [0.3, 0.4) is 0 Å². The standard InChI is InChI=1S/C8H9NS2/c1-3-4-5-10-8-9-7(2)6-11-8/h1,6H,4-5H2,2H3. The van der Waals surface area contributed by atoms with Gasteiger partial charge >= 0.3 is 0 Å². The molecule has 0 saturated carbocycles. The van der Waals surface area contributed by atoms with Crippen LogP contribution in [0, 0.1) is 19.3 Å². The molecule has 0 aliphatic rings. The minimum atomic E-state index is 0.823. The van der Waals surface area contributed by atoms with E-state index >= 15 is 0 Å². The van der Waals surface area contributed by atoms with Crippen molar-refractivity contribution in [2.45, 2.75) is 17.7 Å². The first-order valence-electron chi connectivity index (χ1n) is 3.31. The van der Waals surface area contributed by atoms with Gasteiger partial charge in [-0.3, -0.25) is 0 Å². The van der Waals surface area contributed by atoms with E-state index in [0.717, 1.165) is 22.2 Å². The van der Waals surface area contributed by atoms with Gasteiger partial charge in [-0.25, -0.2) is 4.98 Å². The number of hydrogen-bond acceptors (Lipinski definition) is 3. The summed E-state index contributed by atoms with van der Waals surface area (Å²) < 4.78 is 1.12. The molecule has 1 aromatic heterocycles. The fourth-order valence-electron chi connectivity index (χ4n) is 0.596. The lowest BCUT2D eigenvalue weighted by atomic mass is 10.5. The highest BCUT2D eigenvalue weighted by atomic mass is 32.2. The molecule has 0 saturated heterocycles. The largest absolute Gasteiger partial charge is 0.235 e. The van der Waals surface area contributed by atoms with E-state index in [9.17, 15) is 0 Å². The molecule has 11 heavy (non-hydrogen) atoms. The first-order chi connectivity index (χ1) is 5.33. The van der Waals surface area contributed by atoms with Crippen molar-refractivity contribution in [3.8, 4) is 12.3 Å². The van der Waals surface area contributed by atoms with Crippen LogP contribution in [0.5, 0.6) is 0 Å². The molecule has 0 fully saturated rings. The number of rotatable bonds is 3. The van der Waals surface area contributed by atoms with Crippen LogP contribution in [0.4, 0.5) is 0 Å². The van der Waals surface area contributed by atoms with E-state index < -0.39 is 0 Å². The summed E-state index contributed by atoms with van der Waals surface area (Å²) in [5.74, 6) is 3.58. The van der Waals surface area contributed by atoms with Gasteiger partial charge < -0.3 is 0 Å². The van der Waals surface area contributed by atoms with Gasteiger partial charge in [-0.2, -0.15) is 0 Å². The van der Waals surface area contributed by atoms with Crippen LogP contribution >= 0.6 is 23.1 Å². The van der Waals surface area contributed by atoms with Crippen molar-refractivity contribution in [2.24, 2.45) is 0 Å². The number of nitrogens with zero attached hydrogens (tertiary/aromatic N) is 1. The summed E-state index contributed by atoms with van der Waals surface area (Å²) in [5.41, 5.74) is 1.10. The molecular weight excluding hydrogens is 174 g/mol. The molecule has 0 amide bonds. The first kappa shape index (κ1) is 8.63. The zero-order chi connectivity index (χ0) is 8.10. The molecule has 0 aliphatic heterocycles.